The maximum atomic E-state index is 12.3. The summed E-state index contributed by atoms with van der Waals surface area (Å²) >= 11 is 6.00. The highest BCUT2D eigenvalue weighted by Gasteiger charge is 2.18. The molecule has 0 radical (unpaired) electrons. The second kappa shape index (κ2) is 9.01. The summed E-state index contributed by atoms with van der Waals surface area (Å²) in [6, 6.07) is 4.88. The fourth-order valence-corrected chi connectivity index (χ4v) is 3.97. The lowest BCUT2D eigenvalue weighted by Gasteiger charge is -2.30. The molecule has 0 bridgehead atoms. The Bertz CT molecular complexity index is 1090. The van der Waals surface area contributed by atoms with Crippen LogP contribution in [0.25, 0.3) is 11.1 Å². The molecular weight excluding hydrogens is 410 g/mol. The summed E-state index contributed by atoms with van der Waals surface area (Å²) in [6.45, 7) is 6.02. The molecule has 1 atom stereocenters. The lowest BCUT2D eigenvalue weighted by molar-refractivity contribution is 0.0906. The molecule has 4 rings (SSSR count). The highest BCUT2D eigenvalue weighted by molar-refractivity contribution is 6.31. The Morgan fingerprint density at radius 2 is 2.27 bits per heavy atom. The second-order valence-corrected chi connectivity index (χ2v) is 8.18. The molecule has 1 aromatic carbocycles. The maximum Gasteiger partial charge on any atom is 0.420 e. The molecule has 10 heteroatoms. The van der Waals surface area contributed by atoms with Crippen molar-refractivity contribution in [2.45, 2.75) is 32.7 Å². The summed E-state index contributed by atoms with van der Waals surface area (Å²) in [6.07, 6.45) is 3.39. The number of piperidine rings is 1. The number of fused-ring (bicyclic) bond motifs is 1. The van der Waals surface area contributed by atoms with E-state index in [4.69, 9.17) is 20.5 Å². The molecule has 0 unspecified atom stereocenters. The number of benzene rings is 1. The summed E-state index contributed by atoms with van der Waals surface area (Å²) in [5.41, 5.74) is 0.935. The molecule has 2 aromatic heterocycles. The predicted molar refractivity (Wildman–Crippen MR) is 111 cm³/mol. The van der Waals surface area contributed by atoms with Crippen LogP contribution in [-0.2, 0) is 6.54 Å². The molecule has 1 saturated heterocycles. The molecule has 1 aliphatic heterocycles. The highest BCUT2D eigenvalue weighted by Crippen LogP contribution is 2.19. The minimum Gasteiger partial charge on any atom is -0.408 e. The van der Waals surface area contributed by atoms with Crippen LogP contribution in [0.1, 0.15) is 42.7 Å². The van der Waals surface area contributed by atoms with Gasteiger partial charge in [-0.2, -0.15) is 4.98 Å². The smallest absolute Gasteiger partial charge is 0.408 e. The Hall–Kier alpha value is -2.65. The fourth-order valence-electron chi connectivity index (χ4n) is 3.81. The normalized spacial score (nSPS) is 17.5. The Labute approximate surface area is 178 Å². The van der Waals surface area contributed by atoms with Gasteiger partial charge in [-0.25, -0.2) is 4.79 Å². The van der Waals surface area contributed by atoms with Gasteiger partial charge in [-0.1, -0.05) is 23.7 Å². The molecule has 0 aliphatic carbocycles. The molecule has 0 spiro atoms. The summed E-state index contributed by atoms with van der Waals surface area (Å²) in [5.74, 6) is -0.174. The number of nitrogens with zero attached hydrogens (tertiary/aromatic N) is 4. The van der Waals surface area contributed by atoms with Gasteiger partial charge in [0.2, 0.25) is 0 Å². The van der Waals surface area contributed by atoms with Gasteiger partial charge >= 0.3 is 17.6 Å². The van der Waals surface area contributed by atoms with Crippen LogP contribution in [0.5, 0.6) is 0 Å². The highest BCUT2D eigenvalue weighted by atomic mass is 35.5. The first kappa shape index (κ1) is 20.6. The van der Waals surface area contributed by atoms with Crippen LogP contribution in [-0.4, -0.2) is 51.7 Å². The molecule has 1 fully saturated rings. The second-order valence-electron chi connectivity index (χ2n) is 7.74. The summed E-state index contributed by atoms with van der Waals surface area (Å²) in [5, 5.41) is 7.08. The quantitative estimate of drug-likeness (QED) is 0.570. The lowest BCUT2D eigenvalue weighted by atomic mass is 10.0. The van der Waals surface area contributed by atoms with Crippen molar-refractivity contribution in [1.29, 1.82) is 0 Å². The Kier molecular flexibility index (Phi) is 6.19. The number of amides is 1. The van der Waals surface area contributed by atoms with Crippen molar-refractivity contribution >= 4 is 28.6 Å². The SMILES string of the molecule is C[C@@H]1CCCN(CCCNC(=O)c2nc(Cn3c(=O)oc4ccc(Cl)cc43)no2)C1. The molecule has 1 aliphatic rings. The van der Waals surface area contributed by atoms with Gasteiger partial charge in [0.1, 0.15) is 0 Å². The minimum absolute atomic E-state index is 0.0100. The van der Waals surface area contributed by atoms with E-state index in [1.807, 2.05) is 0 Å². The zero-order valence-corrected chi connectivity index (χ0v) is 17.5. The average Bonchev–Trinajstić information content (AvgIpc) is 3.31. The number of hydrogen-bond acceptors (Lipinski definition) is 7. The van der Waals surface area contributed by atoms with E-state index in [1.165, 1.54) is 17.4 Å². The van der Waals surface area contributed by atoms with E-state index in [0.29, 0.717) is 22.7 Å². The molecular formula is C20H24ClN5O4. The number of halogens is 1. The molecule has 9 nitrogen and oxygen atoms in total. The lowest BCUT2D eigenvalue weighted by Crippen LogP contribution is -2.36. The van der Waals surface area contributed by atoms with Crippen molar-refractivity contribution < 1.29 is 13.7 Å². The number of likely N-dealkylation sites (tertiary alicyclic amines) is 1. The Morgan fingerprint density at radius 1 is 1.40 bits per heavy atom. The van der Waals surface area contributed by atoms with E-state index >= 15 is 0 Å². The first-order valence-electron chi connectivity index (χ1n) is 10.1. The molecule has 3 heterocycles. The van der Waals surface area contributed by atoms with Gasteiger partial charge in [-0.3, -0.25) is 9.36 Å². The van der Waals surface area contributed by atoms with Crippen molar-refractivity contribution in [3.8, 4) is 0 Å². The number of carbonyl (C=O) groups excluding carboxylic acids is 1. The number of rotatable bonds is 7. The number of hydrogen-bond donors (Lipinski definition) is 1. The van der Waals surface area contributed by atoms with Gasteiger partial charge in [0.15, 0.2) is 11.4 Å². The fraction of sp³-hybridized carbons (Fsp3) is 0.500. The third-order valence-corrected chi connectivity index (χ3v) is 5.50. The van der Waals surface area contributed by atoms with E-state index in [0.717, 1.165) is 32.0 Å². The van der Waals surface area contributed by atoms with Crippen molar-refractivity contribution in [2.75, 3.05) is 26.2 Å². The third kappa shape index (κ3) is 4.73. The molecule has 0 saturated carbocycles. The zero-order chi connectivity index (χ0) is 21.1. The topological polar surface area (TPSA) is 106 Å². The van der Waals surface area contributed by atoms with E-state index in [9.17, 15) is 9.59 Å². The van der Waals surface area contributed by atoms with Gasteiger partial charge in [-0.05, 0) is 56.5 Å². The van der Waals surface area contributed by atoms with E-state index in [1.54, 1.807) is 18.2 Å². The average molecular weight is 434 g/mol. The molecule has 1 N–H and O–H groups in total. The van der Waals surface area contributed by atoms with Crippen LogP contribution in [0.4, 0.5) is 0 Å². The van der Waals surface area contributed by atoms with Crippen LogP contribution < -0.4 is 11.1 Å². The first-order chi connectivity index (χ1) is 14.5. The molecule has 30 heavy (non-hydrogen) atoms. The first-order valence-corrected chi connectivity index (χ1v) is 10.5. The Morgan fingerprint density at radius 3 is 3.10 bits per heavy atom. The summed E-state index contributed by atoms with van der Waals surface area (Å²) in [7, 11) is 0. The predicted octanol–water partition coefficient (Wildman–Crippen LogP) is 2.53. The monoisotopic (exact) mass is 433 g/mol. The van der Waals surface area contributed by atoms with Crippen LogP contribution >= 0.6 is 11.6 Å². The standard InChI is InChI=1S/C20H24ClN5O4/c1-13-4-2-8-25(11-13)9-3-7-22-18(27)19-23-17(24-30-19)12-26-15-10-14(21)5-6-16(15)29-20(26)28/h5-6,10,13H,2-4,7-9,11-12H2,1H3,(H,22,27)/t13-/m1/s1. The van der Waals surface area contributed by atoms with Crippen molar-refractivity contribution in [3.63, 3.8) is 0 Å². The van der Waals surface area contributed by atoms with Crippen LogP contribution in [0.3, 0.4) is 0 Å². The van der Waals surface area contributed by atoms with E-state index in [-0.39, 0.29) is 18.3 Å². The largest absolute Gasteiger partial charge is 0.420 e. The van der Waals surface area contributed by atoms with Gasteiger partial charge in [-0.15, -0.1) is 0 Å². The molecule has 160 valence electrons. The van der Waals surface area contributed by atoms with E-state index < -0.39 is 11.7 Å². The van der Waals surface area contributed by atoms with Crippen molar-refractivity contribution in [2.24, 2.45) is 5.92 Å². The van der Waals surface area contributed by atoms with Crippen molar-refractivity contribution in [1.82, 2.24) is 24.9 Å². The number of oxazole rings is 1. The zero-order valence-electron chi connectivity index (χ0n) is 16.8. The summed E-state index contributed by atoms with van der Waals surface area (Å²) in [4.78, 5) is 30.9. The number of aromatic nitrogens is 3. The number of carbonyl (C=O) groups is 1. The van der Waals surface area contributed by atoms with Crippen LogP contribution in [0, 0.1) is 5.92 Å². The van der Waals surface area contributed by atoms with Gasteiger partial charge in [0, 0.05) is 18.1 Å². The van der Waals surface area contributed by atoms with Crippen LogP contribution in [0.15, 0.2) is 31.9 Å². The summed E-state index contributed by atoms with van der Waals surface area (Å²) < 4.78 is 11.6. The Balaban J connectivity index is 1.32. The maximum absolute atomic E-state index is 12.3. The van der Waals surface area contributed by atoms with Crippen LogP contribution in [0.2, 0.25) is 5.02 Å². The van der Waals surface area contributed by atoms with Gasteiger partial charge < -0.3 is 19.2 Å². The third-order valence-electron chi connectivity index (χ3n) is 5.27. The number of nitrogens with one attached hydrogen (secondary N) is 1. The van der Waals surface area contributed by atoms with Gasteiger partial charge in [0.05, 0.1) is 12.1 Å². The minimum atomic E-state index is -0.560. The van der Waals surface area contributed by atoms with Crippen molar-refractivity contribution in [3.05, 3.63) is 45.5 Å². The molecule has 3 aromatic rings. The molecule has 1 amide bonds. The van der Waals surface area contributed by atoms with E-state index in [2.05, 4.69) is 27.3 Å². The van der Waals surface area contributed by atoms with Gasteiger partial charge in [0.25, 0.3) is 0 Å².